The molecular weight excluding hydrogens is 463 g/mol. The Morgan fingerprint density at radius 3 is 2.62 bits per heavy atom. The average molecular weight is 484 g/mol. The van der Waals surface area contributed by atoms with Gasteiger partial charge >= 0.3 is 0 Å². The quantitative estimate of drug-likeness (QED) is 0.522. The summed E-state index contributed by atoms with van der Waals surface area (Å²) in [6, 6.07) is 4.69. The first kappa shape index (κ1) is 23.9. The fraction of sp³-hybridized carbons (Fsp3) is 0.409. The van der Waals surface area contributed by atoms with Crippen molar-refractivity contribution in [2.45, 2.75) is 31.2 Å². The maximum atomic E-state index is 14.3. The normalized spacial score (nSPS) is 18.4. The van der Waals surface area contributed by atoms with Gasteiger partial charge in [-0.2, -0.15) is 5.10 Å². The third-order valence-electron chi connectivity index (χ3n) is 6.03. The Labute approximate surface area is 189 Å². The van der Waals surface area contributed by atoms with E-state index in [1.54, 1.807) is 0 Å². The highest BCUT2D eigenvalue weighted by Gasteiger charge is 2.46. The number of rotatable bonds is 7. The van der Waals surface area contributed by atoms with Crippen molar-refractivity contribution in [1.82, 2.24) is 14.3 Å². The van der Waals surface area contributed by atoms with Crippen LogP contribution in [0.25, 0.3) is 10.8 Å². The van der Waals surface area contributed by atoms with Crippen LogP contribution in [-0.4, -0.2) is 40.5 Å². The highest BCUT2D eigenvalue weighted by atomic mass is 19.3. The number of aryl methyl sites for hydroxylation is 1. The first-order chi connectivity index (χ1) is 16.2. The van der Waals surface area contributed by atoms with Gasteiger partial charge in [0.1, 0.15) is 11.4 Å². The lowest BCUT2D eigenvalue weighted by atomic mass is 9.98. The lowest BCUT2D eigenvalue weighted by Gasteiger charge is -2.29. The number of benzene rings is 1. The van der Waals surface area contributed by atoms with E-state index in [1.807, 2.05) is 0 Å². The van der Waals surface area contributed by atoms with E-state index in [1.165, 1.54) is 19.2 Å². The Morgan fingerprint density at radius 2 is 1.97 bits per heavy atom. The van der Waals surface area contributed by atoms with Crippen LogP contribution in [0.1, 0.15) is 24.0 Å². The molecule has 3 heterocycles. The van der Waals surface area contributed by atoms with E-state index in [2.05, 4.69) is 10.4 Å². The zero-order valence-corrected chi connectivity index (χ0v) is 18.0. The summed E-state index contributed by atoms with van der Waals surface area (Å²) in [5, 5.41) is 7.10. The highest BCUT2D eigenvalue weighted by molar-refractivity contribution is 5.90. The molecule has 1 atom stereocenters. The van der Waals surface area contributed by atoms with Crippen molar-refractivity contribution in [3.05, 3.63) is 68.1 Å². The number of hydrogen-bond acceptors (Lipinski definition) is 5. The zero-order chi connectivity index (χ0) is 24.6. The Kier molecular flexibility index (Phi) is 6.43. The summed E-state index contributed by atoms with van der Waals surface area (Å²) >= 11 is 0. The summed E-state index contributed by atoms with van der Waals surface area (Å²) in [6.45, 7) is -0.277. The molecule has 7 nitrogen and oxygen atoms in total. The van der Waals surface area contributed by atoms with Crippen LogP contribution in [-0.2, 0) is 23.7 Å². The van der Waals surface area contributed by atoms with Crippen LogP contribution >= 0.6 is 0 Å². The standard InChI is InChI=1S/C22H21F5N4O3/c1-30-20(33)14-9-16(32)31(22(21(26)27)6-8-34-11-22)10-15(14)19(29-30)28-7-5-12-3-2-4-13(17(12)23)18(24)25/h2-4,9-10,18,21H,5-8,11H2,1H3,(H,28,29)/t22-/m0/s1. The van der Waals surface area contributed by atoms with E-state index in [0.717, 1.165) is 27.6 Å². The van der Waals surface area contributed by atoms with Crippen LogP contribution in [0.15, 0.2) is 40.1 Å². The smallest absolute Gasteiger partial charge is 0.274 e. The average Bonchev–Trinajstić information content (AvgIpc) is 3.29. The molecule has 1 fully saturated rings. The van der Waals surface area contributed by atoms with Crippen LogP contribution in [0.2, 0.25) is 0 Å². The number of ether oxygens (including phenoxy) is 1. The van der Waals surface area contributed by atoms with Gasteiger partial charge in [0.15, 0.2) is 5.82 Å². The number of nitrogens with zero attached hydrogens (tertiary/aromatic N) is 3. The Bertz CT molecular complexity index is 1330. The van der Waals surface area contributed by atoms with Crippen molar-refractivity contribution < 1.29 is 26.7 Å². The highest BCUT2D eigenvalue weighted by Crippen LogP contribution is 2.34. The number of halogens is 5. The summed E-state index contributed by atoms with van der Waals surface area (Å²) in [7, 11) is 1.36. The Balaban J connectivity index is 1.72. The largest absolute Gasteiger partial charge is 0.379 e. The Hall–Kier alpha value is -3.28. The van der Waals surface area contributed by atoms with E-state index >= 15 is 0 Å². The summed E-state index contributed by atoms with van der Waals surface area (Å²) < 4.78 is 75.2. The predicted molar refractivity (Wildman–Crippen MR) is 114 cm³/mol. The van der Waals surface area contributed by atoms with Crippen molar-refractivity contribution in [3.63, 3.8) is 0 Å². The monoisotopic (exact) mass is 484 g/mol. The molecule has 0 bridgehead atoms. The number of alkyl halides is 4. The van der Waals surface area contributed by atoms with Gasteiger partial charge in [0.05, 0.1) is 17.6 Å². The molecule has 0 amide bonds. The fourth-order valence-electron chi connectivity index (χ4n) is 4.11. The lowest BCUT2D eigenvalue weighted by Crippen LogP contribution is -2.47. The van der Waals surface area contributed by atoms with Gasteiger partial charge in [-0.25, -0.2) is 26.6 Å². The van der Waals surface area contributed by atoms with Crippen molar-refractivity contribution in [2.75, 3.05) is 25.1 Å². The van der Waals surface area contributed by atoms with Crippen molar-refractivity contribution in [3.8, 4) is 0 Å². The Morgan fingerprint density at radius 1 is 1.21 bits per heavy atom. The van der Waals surface area contributed by atoms with Crippen molar-refractivity contribution in [1.29, 1.82) is 0 Å². The minimum atomic E-state index is -2.96. The third kappa shape index (κ3) is 4.06. The van der Waals surface area contributed by atoms with E-state index < -0.39 is 40.9 Å². The number of nitrogens with one attached hydrogen (secondary N) is 1. The molecule has 12 heteroatoms. The molecule has 0 spiro atoms. The summed E-state index contributed by atoms with van der Waals surface area (Å²) in [6.07, 6.45) is -4.77. The van der Waals surface area contributed by atoms with Crippen LogP contribution in [0.5, 0.6) is 0 Å². The molecular formula is C22H21F5N4O3. The first-order valence-electron chi connectivity index (χ1n) is 10.4. The van der Waals surface area contributed by atoms with Crippen molar-refractivity contribution >= 4 is 16.6 Å². The molecule has 1 aliphatic heterocycles. The van der Waals surface area contributed by atoms with E-state index in [0.29, 0.717) is 0 Å². The van der Waals surface area contributed by atoms with E-state index in [9.17, 15) is 31.5 Å². The molecule has 4 rings (SSSR count). The fourth-order valence-corrected chi connectivity index (χ4v) is 4.11. The van der Waals surface area contributed by atoms with Gasteiger partial charge in [-0.15, -0.1) is 0 Å². The van der Waals surface area contributed by atoms with Crippen LogP contribution in [0.3, 0.4) is 0 Å². The maximum Gasteiger partial charge on any atom is 0.274 e. The topological polar surface area (TPSA) is 78.2 Å². The second kappa shape index (κ2) is 9.16. The van der Waals surface area contributed by atoms with Gasteiger partial charge in [-0.05, 0) is 12.0 Å². The molecule has 2 aromatic heterocycles. The SMILES string of the molecule is Cn1nc(NCCc2cccc(C(F)F)c2F)c2cn([C@@]3(C(F)F)CCOC3)c(=O)cc2c1=O. The zero-order valence-electron chi connectivity index (χ0n) is 18.0. The first-order valence-corrected chi connectivity index (χ1v) is 10.4. The van der Waals surface area contributed by atoms with Crippen molar-refractivity contribution in [2.24, 2.45) is 7.05 Å². The second-order valence-electron chi connectivity index (χ2n) is 8.09. The van der Waals surface area contributed by atoms with E-state index in [4.69, 9.17) is 4.74 Å². The van der Waals surface area contributed by atoms with Gasteiger partial charge in [0, 0.05) is 44.3 Å². The minimum Gasteiger partial charge on any atom is -0.379 e. The maximum absolute atomic E-state index is 14.3. The van der Waals surface area contributed by atoms with Gasteiger partial charge in [0.25, 0.3) is 24.0 Å². The number of anilines is 1. The molecule has 0 radical (unpaired) electrons. The summed E-state index contributed by atoms with van der Waals surface area (Å²) in [5.41, 5.74) is -3.91. The summed E-state index contributed by atoms with van der Waals surface area (Å²) in [5.74, 6) is -0.911. The summed E-state index contributed by atoms with van der Waals surface area (Å²) in [4.78, 5) is 25.3. The molecule has 0 saturated carbocycles. The molecule has 1 saturated heterocycles. The third-order valence-corrected chi connectivity index (χ3v) is 6.03. The molecule has 3 aromatic rings. The predicted octanol–water partition coefficient (Wildman–Crippen LogP) is 3.21. The van der Waals surface area contributed by atoms with Crippen LogP contribution in [0.4, 0.5) is 27.8 Å². The molecule has 1 aromatic carbocycles. The molecule has 1 N–H and O–H groups in total. The number of aromatic nitrogens is 3. The van der Waals surface area contributed by atoms with Gasteiger partial charge in [0.2, 0.25) is 0 Å². The molecule has 1 aliphatic rings. The molecule has 0 aliphatic carbocycles. The molecule has 0 unspecified atom stereocenters. The molecule has 34 heavy (non-hydrogen) atoms. The molecule has 182 valence electrons. The number of fused-ring (bicyclic) bond motifs is 1. The van der Waals surface area contributed by atoms with Gasteiger partial charge in [-0.3, -0.25) is 9.59 Å². The number of hydrogen-bond donors (Lipinski definition) is 1. The number of pyridine rings is 1. The van der Waals surface area contributed by atoms with Gasteiger partial charge < -0.3 is 14.6 Å². The van der Waals surface area contributed by atoms with Gasteiger partial charge in [-0.1, -0.05) is 18.2 Å². The lowest BCUT2D eigenvalue weighted by molar-refractivity contribution is -0.00484. The van der Waals surface area contributed by atoms with Crippen LogP contribution in [0, 0.1) is 5.82 Å². The second-order valence-corrected chi connectivity index (χ2v) is 8.09. The van der Waals surface area contributed by atoms with Crippen LogP contribution < -0.4 is 16.4 Å². The minimum absolute atomic E-state index is 0.00680. The van der Waals surface area contributed by atoms with E-state index in [-0.39, 0.29) is 54.8 Å².